The van der Waals surface area contributed by atoms with Gasteiger partial charge in [-0.25, -0.2) is 0 Å². The van der Waals surface area contributed by atoms with Crippen LogP contribution in [-0.4, -0.2) is 58.1 Å². The number of carbonyl (C=O) groups excluding carboxylic acids is 1. The Kier molecular flexibility index (Phi) is 5.41. The molecule has 140 valence electrons. The quantitative estimate of drug-likeness (QED) is 0.867. The third-order valence-electron chi connectivity index (χ3n) is 5.94. The molecule has 1 unspecified atom stereocenters. The van der Waals surface area contributed by atoms with Crippen molar-refractivity contribution in [1.29, 1.82) is 0 Å². The van der Waals surface area contributed by atoms with Crippen molar-refractivity contribution in [2.75, 3.05) is 26.2 Å². The topological polar surface area (TPSA) is 52.2 Å². The van der Waals surface area contributed by atoms with Crippen LogP contribution in [0.3, 0.4) is 0 Å². The Morgan fingerprint density at radius 1 is 1.35 bits per heavy atom. The van der Waals surface area contributed by atoms with Gasteiger partial charge in [0.15, 0.2) is 5.69 Å². The van der Waals surface area contributed by atoms with Gasteiger partial charge in [0, 0.05) is 19.1 Å². The second-order valence-electron chi connectivity index (χ2n) is 7.49. The van der Waals surface area contributed by atoms with Crippen LogP contribution in [0.2, 0.25) is 0 Å². The van der Waals surface area contributed by atoms with E-state index in [0.717, 1.165) is 23.7 Å². The Bertz CT molecular complexity index is 724. The molecule has 2 saturated heterocycles. The lowest BCUT2D eigenvalue weighted by molar-refractivity contribution is 0.0367. The molecule has 0 aliphatic carbocycles. The van der Waals surface area contributed by atoms with Crippen molar-refractivity contribution in [3.63, 3.8) is 0 Å². The van der Waals surface area contributed by atoms with Gasteiger partial charge in [-0.2, -0.15) is 5.10 Å². The smallest absolute Gasteiger partial charge is 0.274 e. The lowest BCUT2D eigenvalue weighted by atomic mass is 9.83. The van der Waals surface area contributed by atoms with Crippen LogP contribution in [-0.2, 0) is 0 Å². The molecule has 2 aromatic heterocycles. The first-order valence-corrected chi connectivity index (χ1v) is 10.8. The molecule has 0 saturated carbocycles. The number of carbonyl (C=O) groups is 1. The summed E-state index contributed by atoms with van der Waals surface area (Å²) in [5, 5.41) is 9.35. The van der Waals surface area contributed by atoms with Crippen molar-refractivity contribution in [2.45, 2.75) is 45.1 Å². The normalized spacial score (nSPS) is 23.6. The Labute approximate surface area is 159 Å². The Morgan fingerprint density at radius 2 is 2.23 bits per heavy atom. The standard InChI is InChI=1S/C20H28N4OS/c1-2-23(14-15-7-5-11-24-10-4-3-8-18(15)24)20(25)17-13-16(21-22-17)19-9-6-12-26-19/h6,9,12-13,15,18H,2-5,7-8,10-11,14H2,1H3,(H,21,22)/t15?,18-/m1/s1. The first-order chi connectivity index (χ1) is 12.8. The lowest BCUT2D eigenvalue weighted by Crippen LogP contribution is -2.51. The van der Waals surface area contributed by atoms with Crippen molar-refractivity contribution in [2.24, 2.45) is 5.92 Å². The minimum Gasteiger partial charge on any atom is -0.337 e. The summed E-state index contributed by atoms with van der Waals surface area (Å²) in [6, 6.07) is 6.62. The van der Waals surface area contributed by atoms with Crippen LogP contribution in [0.1, 0.15) is 49.5 Å². The predicted molar refractivity (Wildman–Crippen MR) is 105 cm³/mol. The molecule has 2 atom stereocenters. The van der Waals surface area contributed by atoms with Crippen molar-refractivity contribution in [3.8, 4) is 10.6 Å². The third kappa shape index (κ3) is 3.58. The maximum atomic E-state index is 13.0. The number of piperidine rings is 2. The highest BCUT2D eigenvalue weighted by molar-refractivity contribution is 7.13. The minimum atomic E-state index is 0.0551. The number of fused-ring (bicyclic) bond motifs is 1. The predicted octanol–water partition coefficient (Wildman–Crippen LogP) is 3.86. The number of aromatic nitrogens is 2. The maximum absolute atomic E-state index is 13.0. The van der Waals surface area contributed by atoms with E-state index in [1.54, 1.807) is 11.3 Å². The number of thiophene rings is 1. The first kappa shape index (κ1) is 17.7. The summed E-state index contributed by atoms with van der Waals surface area (Å²) in [6.07, 6.45) is 6.46. The summed E-state index contributed by atoms with van der Waals surface area (Å²) in [7, 11) is 0. The summed E-state index contributed by atoms with van der Waals surface area (Å²) in [6.45, 7) is 6.16. The molecule has 1 amide bonds. The van der Waals surface area contributed by atoms with Crippen molar-refractivity contribution >= 4 is 17.2 Å². The second-order valence-corrected chi connectivity index (χ2v) is 8.44. The van der Waals surface area contributed by atoms with E-state index >= 15 is 0 Å². The summed E-state index contributed by atoms with van der Waals surface area (Å²) < 4.78 is 0. The van der Waals surface area contributed by atoms with Gasteiger partial charge in [0.25, 0.3) is 5.91 Å². The van der Waals surface area contributed by atoms with Gasteiger partial charge < -0.3 is 9.80 Å². The maximum Gasteiger partial charge on any atom is 0.274 e. The van der Waals surface area contributed by atoms with Gasteiger partial charge in [0.2, 0.25) is 0 Å². The van der Waals surface area contributed by atoms with Crippen LogP contribution in [0.15, 0.2) is 23.6 Å². The second kappa shape index (κ2) is 7.92. The van der Waals surface area contributed by atoms with Crippen LogP contribution in [0.5, 0.6) is 0 Å². The average Bonchev–Trinajstić information content (AvgIpc) is 3.37. The number of hydrogen-bond acceptors (Lipinski definition) is 4. The van der Waals surface area contributed by atoms with Gasteiger partial charge in [-0.15, -0.1) is 11.3 Å². The zero-order valence-electron chi connectivity index (χ0n) is 15.5. The van der Waals surface area contributed by atoms with Gasteiger partial charge in [0.05, 0.1) is 10.6 Å². The number of H-pyrrole nitrogens is 1. The van der Waals surface area contributed by atoms with E-state index in [1.165, 1.54) is 45.2 Å². The number of rotatable bonds is 5. The molecule has 0 aromatic carbocycles. The fourth-order valence-corrected chi connectivity index (χ4v) is 5.27. The van der Waals surface area contributed by atoms with E-state index in [-0.39, 0.29) is 5.91 Å². The molecular weight excluding hydrogens is 344 g/mol. The number of nitrogens with zero attached hydrogens (tertiary/aromatic N) is 3. The van der Waals surface area contributed by atoms with E-state index in [1.807, 2.05) is 28.5 Å². The summed E-state index contributed by atoms with van der Waals surface area (Å²) in [5.74, 6) is 0.656. The Hall–Kier alpha value is -1.66. The van der Waals surface area contributed by atoms with E-state index in [9.17, 15) is 4.79 Å². The molecule has 2 fully saturated rings. The molecule has 0 radical (unpaired) electrons. The highest BCUT2D eigenvalue weighted by atomic mass is 32.1. The number of nitrogens with one attached hydrogen (secondary N) is 1. The number of amides is 1. The van der Waals surface area contributed by atoms with Gasteiger partial charge >= 0.3 is 0 Å². The zero-order valence-corrected chi connectivity index (χ0v) is 16.3. The van der Waals surface area contributed by atoms with Crippen LogP contribution in [0, 0.1) is 5.92 Å². The SMILES string of the molecule is CCN(CC1CCCN2CCCC[C@H]12)C(=O)c1cc(-c2cccs2)[nH]n1. The summed E-state index contributed by atoms with van der Waals surface area (Å²) >= 11 is 1.65. The zero-order chi connectivity index (χ0) is 17.9. The average molecular weight is 373 g/mol. The van der Waals surface area contributed by atoms with Gasteiger partial charge in [-0.3, -0.25) is 9.89 Å². The van der Waals surface area contributed by atoms with Crippen molar-refractivity contribution < 1.29 is 4.79 Å². The molecule has 0 bridgehead atoms. The minimum absolute atomic E-state index is 0.0551. The first-order valence-electron chi connectivity index (χ1n) is 9.89. The van der Waals surface area contributed by atoms with Crippen LogP contribution in [0.4, 0.5) is 0 Å². The summed E-state index contributed by atoms with van der Waals surface area (Å²) in [4.78, 5) is 18.8. The Morgan fingerprint density at radius 3 is 3.04 bits per heavy atom. The monoisotopic (exact) mass is 372 g/mol. The Balaban J connectivity index is 1.45. The molecule has 26 heavy (non-hydrogen) atoms. The van der Waals surface area contributed by atoms with E-state index < -0.39 is 0 Å². The fraction of sp³-hybridized carbons (Fsp3) is 0.600. The largest absolute Gasteiger partial charge is 0.337 e. The molecule has 2 aliphatic heterocycles. The highest BCUT2D eigenvalue weighted by Crippen LogP contribution is 2.31. The number of hydrogen-bond donors (Lipinski definition) is 1. The summed E-state index contributed by atoms with van der Waals surface area (Å²) in [5.41, 5.74) is 1.46. The molecule has 2 aromatic rings. The molecule has 5 nitrogen and oxygen atoms in total. The van der Waals surface area contributed by atoms with Gasteiger partial charge in [-0.1, -0.05) is 12.5 Å². The van der Waals surface area contributed by atoms with E-state index in [4.69, 9.17) is 0 Å². The molecule has 2 aliphatic rings. The molecule has 6 heteroatoms. The van der Waals surface area contributed by atoms with E-state index in [2.05, 4.69) is 22.0 Å². The molecule has 1 N–H and O–H groups in total. The van der Waals surface area contributed by atoms with Crippen molar-refractivity contribution in [1.82, 2.24) is 20.0 Å². The van der Waals surface area contributed by atoms with Crippen molar-refractivity contribution in [3.05, 3.63) is 29.3 Å². The fourth-order valence-electron chi connectivity index (χ4n) is 4.58. The highest BCUT2D eigenvalue weighted by Gasteiger charge is 2.34. The molecule has 4 heterocycles. The molecule has 4 rings (SSSR count). The third-order valence-corrected chi connectivity index (χ3v) is 6.84. The lowest BCUT2D eigenvalue weighted by Gasteiger charge is -2.45. The number of aromatic amines is 1. The van der Waals surface area contributed by atoms with Gasteiger partial charge in [0.1, 0.15) is 0 Å². The van der Waals surface area contributed by atoms with Gasteiger partial charge in [-0.05, 0) is 69.1 Å². The van der Waals surface area contributed by atoms with Crippen LogP contribution in [0.25, 0.3) is 10.6 Å². The van der Waals surface area contributed by atoms with Crippen LogP contribution < -0.4 is 0 Å². The molecule has 0 spiro atoms. The van der Waals surface area contributed by atoms with Crippen LogP contribution >= 0.6 is 11.3 Å². The van der Waals surface area contributed by atoms with E-state index in [0.29, 0.717) is 17.7 Å². The molecular formula is C20H28N4OS.